The Kier molecular flexibility index (Phi) is 3.03. The molecule has 0 saturated carbocycles. The Labute approximate surface area is 151 Å². The molecule has 122 valence electrons. The number of imidazole rings is 1. The van der Waals surface area contributed by atoms with Crippen molar-refractivity contribution >= 4 is 54.2 Å². The monoisotopic (exact) mass is 392 g/mol. The van der Waals surface area contributed by atoms with Gasteiger partial charge in [-0.15, -0.1) is 0 Å². The van der Waals surface area contributed by atoms with E-state index in [1.54, 1.807) is 4.40 Å². The molecular weight excluding hydrogens is 380 g/mol. The van der Waals surface area contributed by atoms with Crippen LogP contribution in [0.4, 0.5) is 0 Å². The molecule has 25 heavy (non-hydrogen) atoms. The van der Waals surface area contributed by atoms with Gasteiger partial charge in [-0.05, 0) is 42.6 Å². The van der Waals surface area contributed by atoms with Gasteiger partial charge >= 0.3 is 0 Å². The second-order valence-electron chi connectivity index (χ2n) is 5.98. The van der Waals surface area contributed by atoms with E-state index in [1.807, 2.05) is 55.5 Å². The van der Waals surface area contributed by atoms with E-state index in [-0.39, 0.29) is 5.56 Å². The highest BCUT2D eigenvalue weighted by Crippen LogP contribution is 2.34. The number of aromatic nitrogens is 2. The molecule has 0 atom stereocenters. The molecule has 5 aromatic rings. The Bertz CT molecular complexity index is 1340. The van der Waals surface area contributed by atoms with Gasteiger partial charge in [0.25, 0.3) is 5.56 Å². The summed E-state index contributed by atoms with van der Waals surface area (Å²) in [5.74, 6) is 0.761. The van der Waals surface area contributed by atoms with Crippen molar-refractivity contribution in [2.45, 2.75) is 6.92 Å². The molecule has 0 aliphatic rings. The molecule has 0 N–H and O–H groups in total. The summed E-state index contributed by atoms with van der Waals surface area (Å²) in [5, 5.41) is 3.66. The molecule has 0 fully saturated rings. The van der Waals surface area contributed by atoms with Crippen molar-refractivity contribution in [2.75, 3.05) is 6.61 Å². The van der Waals surface area contributed by atoms with Gasteiger partial charge in [-0.1, -0.05) is 28.1 Å². The summed E-state index contributed by atoms with van der Waals surface area (Å²) in [6.45, 7) is 2.54. The first kappa shape index (κ1) is 14.7. The molecule has 0 radical (unpaired) electrons. The van der Waals surface area contributed by atoms with Crippen molar-refractivity contribution < 1.29 is 4.74 Å². The fraction of sp³-hybridized carbons (Fsp3) is 0.100. The van der Waals surface area contributed by atoms with E-state index < -0.39 is 0 Å². The Hall–Kier alpha value is -2.66. The number of hydrogen-bond acceptors (Lipinski definition) is 3. The Morgan fingerprint density at radius 1 is 1.08 bits per heavy atom. The molecule has 0 amide bonds. The second kappa shape index (κ2) is 5.17. The van der Waals surface area contributed by atoms with E-state index >= 15 is 0 Å². The van der Waals surface area contributed by atoms with Crippen LogP contribution in [-0.2, 0) is 0 Å². The third kappa shape index (κ3) is 1.93. The average molecular weight is 393 g/mol. The number of benzene rings is 3. The summed E-state index contributed by atoms with van der Waals surface area (Å²) < 4.78 is 8.25. The highest BCUT2D eigenvalue weighted by molar-refractivity contribution is 9.10. The lowest BCUT2D eigenvalue weighted by Gasteiger charge is -2.08. The number of halogens is 1. The molecule has 0 saturated heterocycles. The van der Waals surface area contributed by atoms with Gasteiger partial charge in [-0.2, -0.15) is 0 Å². The van der Waals surface area contributed by atoms with E-state index in [0.29, 0.717) is 17.6 Å². The van der Waals surface area contributed by atoms with Crippen LogP contribution in [0.5, 0.6) is 5.75 Å². The highest BCUT2D eigenvalue weighted by Gasteiger charge is 2.17. The van der Waals surface area contributed by atoms with Crippen LogP contribution in [0.15, 0.2) is 57.8 Å². The van der Waals surface area contributed by atoms with Crippen LogP contribution >= 0.6 is 15.9 Å². The molecule has 4 nitrogen and oxygen atoms in total. The van der Waals surface area contributed by atoms with Crippen LogP contribution in [0, 0.1) is 0 Å². The van der Waals surface area contributed by atoms with Gasteiger partial charge in [0.2, 0.25) is 0 Å². The van der Waals surface area contributed by atoms with Crippen molar-refractivity contribution in [3.05, 3.63) is 63.4 Å². The van der Waals surface area contributed by atoms with E-state index in [9.17, 15) is 4.79 Å². The van der Waals surface area contributed by atoms with Crippen LogP contribution in [-0.4, -0.2) is 16.0 Å². The summed E-state index contributed by atoms with van der Waals surface area (Å²) in [4.78, 5) is 17.9. The van der Waals surface area contributed by atoms with E-state index in [4.69, 9.17) is 9.72 Å². The minimum atomic E-state index is -0.0436. The maximum Gasteiger partial charge on any atom is 0.264 e. The SMILES string of the molecule is CCOc1ccc2c(c1)nc1c3ccc(Br)c4cccc(c(=O)n21)c43. The first-order valence-electron chi connectivity index (χ1n) is 8.10. The van der Waals surface area contributed by atoms with Crippen LogP contribution in [0.1, 0.15) is 6.92 Å². The average Bonchev–Trinajstić information content (AvgIpc) is 3.00. The lowest BCUT2D eigenvalue weighted by atomic mass is 10.0. The lowest BCUT2D eigenvalue weighted by molar-refractivity contribution is 0.340. The first-order chi connectivity index (χ1) is 12.2. The van der Waals surface area contributed by atoms with Gasteiger partial charge in [0, 0.05) is 26.7 Å². The first-order valence-corrected chi connectivity index (χ1v) is 8.90. The van der Waals surface area contributed by atoms with E-state index in [2.05, 4.69) is 15.9 Å². The third-order valence-corrected chi connectivity index (χ3v) is 5.29. The molecule has 5 rings (SSSR count). The Morgan fingerprint density at radius 3 is 2.76 bits per heavy atom. The molecule has 2 heterocycles. The van der Waals surface area contributed by atoms with Gasteiger partial charge in [0.1, 0.15) is 11.4 Å². The van der Waals surface area contributed by atoms with Gasteiger partial charge < -0.3 is 4.74 Å². The number of hydrogen-bond donors (Lipinski definition) is 0. The summed E-state index contributed by atoms with van der Waals surface area (Å²) in [7, 11) is 0. The third-order valence-electron chi connectivity index (χ3n) is 4.60. The van der Waals surface area contributed by atoms with Crippen molar-refractivity contribution in [1.29, 1.82) is 0 Å². The van der Waals surface area contributed by atoms with Crippen LogP contribution in [0.3, 0.4) is 0 Å². The normalized spacial score (nSPS) is 11.9. The molecule has 0 bridgehead atoms. The molecule has 3 aromatic carbocycles. The Morgan fingerprint density at radius 2 is 1.92 bits per heavy atom. The highest BCUT2D eigenvalue weighted by atomic mass is 79.9. The number of nitrogens with zero attached hydrogens (tertiary/aromatic N) is 2. The van der Waals surface area contributed by atoms with Crippen LogP contribution in [0.25, 0.3) is 38.2 Å². The molecule has 0 spiro atoms. The number of pyridine rings is 1. The van der Waals surface area contributed by atoms with E-state index in [1.165, 1.54) is 0 Å². The number of rotatable bonds is 2. The molecule has 0 unspecified atom stereocenters. The predicted octanol–water partition coefficient (Wildman–Crippen LogP) is 4.75. The maximum absolute atomic E-state index is 13.2. The smallest absolute Gasteiger partial charge is 0.264 e. The quantitative estimate of drug-likeness (QED) is 0.435. The zero-order valence-corrected chi connectivity index (χ0v) is 15.0. The summed E-state index contributed by atoms with van der Waals surface area (Å²) in [6.07, 6.45) is 0. The van der Waals surface area contributed by atoms with Crippen molar-refractivity contribution in [3.63, 3.8) is 0 Å². The Balaban J connectivity index is 2.05. The largest absolute Gasteiger partial charge is 0.494 e. The van der Waals surface area contributed by atoms with Gasteiger partial charge in [0.05, 0.1) is 17.6 Å². The standard InChI is InChI=1S/C20H13BrN2O2/c1-2-25-11-6-9-17-16(10-11)22-19-13-7-8-15(21)12-4-3-5-14(18(12)13)20(24)23(17)19/h3-10H,2H2,1H3. The topological polar surface area (TPSA) is 43.6 Å². The molecule has 0 aliphatic heterocycles. The number of fused-ring (bicyclic) bond motifs is 4. The van der Waals surface area contributed by atoms with Gasteiger partial charge in [-0.3, -0.25) is 9.20 Å². The summed E-state index contributed by atoms with van der Waals surface area (Å²) in [5.41, 5.74) is 2.20. The molecule has 2 aromatic heterocycles. The fourth-order valence-electron chi connectivity index (χ4n) is 3.56. The minimum Gasteiger partial charge on any atom is -0.494 e. The molecule has 5 heteroatoms. The zero-order chi connectivity index (χ0) is 17.1. The number of ether oxygens (including phenoxy) is 1. The summed E-state index contributed by atoms with van der Waals surface area (Å²) in [6, 6.07) is 15.5. The molecular formula is C20H13BrN2O2. The van der Waals surface area contributed by atoms with Crippen molar-refractivity contribution in [1.82, 2.24) is 9.38 Å². The van der Waals surface area contributed by atoms with Gasteiger partial charge in [-0.25, -0.2) is 4.98 Å². The predicted molar refractivity (Wildman–Crippen MR) is 104 cm³/mol. The van der Waals surface area contributed by atoms with Crippen LogP contribution < -0.4 is 10.3 Å². The second-order valence-corrected chi connectivity index (χ2v) is 6.84. The van der Waals surface area contributed by atoms with Crippen LogP contribution in [0.2, 0.25) is 0 Å². The maximum atomic E-state index is 13.2. The fourth-order valence-corrected chi connectivity index (χ4v) is 4.02. The van der Waals surface area contributed by atoms with E-state index in [0.717, 1.165) is 37.4 Å². The summed E-state index contributed by atoms with van der Waals surface area (Å²) >= 11 is 3.58. The lowest BCUT2D eigenvalue weighted by Crippen LogP contribution is -2.13. The van der Waals surface area contributed by atoms with Gasteiger partial charge in [0.15, 0.2) is 0 Å². The zero-order valence-electron chi connectivity index (χ0n) is 13.4. The van der Waals surface area contributed by atoms with Crippen molar-refractivity contribution in [3.8, 4) is 5.75 Å². The molecule has 0 aliphatic carbocycles. The van der Waals surface area contributed by atoms with Crippen molar-refractivity contribution in [2.24, 2.45) is 0 Å². The minimum absolute atomic E-state index is 0.0436.